The van der Waals surface area contributed by atoms with Crippen LogP contribution in [0.4, 0.5) is 0 Å². The van der Waals surface area contributed by atoms with Crippen LogP contribution < -0.4 is 5.32 Å². The van der Waals surface area contributed by atoms with E-state index in [0.29, 0.717) is 0 Å². The fourth-order valence-corrected chi connectivity index (χ4v) is 2.44. The highest BCUT2D eigenvalue weighted by molar-refractivity contribution is 6.42. The number of benzene rings is 1. The maximum Gasteiger partial charge on any atom is 0.259 e. The van der Waals surface area contributed by atoms with Gasteiger partial charge < -0.3 is 20.3 Å². The van der Waals surface area contributed by atoms with E-state index in [1.165, 1.54) is 6.07 Å². The molecule has 1 fully saturated rings. The number of phenols is 1. The van der Waals surface area contributed by atoms with E-state index in [1.54, 1.807) is 0 Å². The number of phenolic OH excluding ortho intramolecular Hbond substituents is 1. The average Bonchev–Trinajstić information content (AvgIpc) is 3.20. The summed E-state index contributed by atoms with van der Waals surface area (Å²) in [6.45, 7) is 0. The van der Waals surface area contributed by atoms with Crippen LogP contribution in [-0.4, -0.2) is 40.2 Å². The number of carbonyl (C=O) groups excluding carboxylic acids is 2. The number of amides is 1. The van der Waals surface area contributed by atoms with Gasteiger partial charge in [-0.2, -0.15) is 0 Å². The maximum atomic E-state index is 12.1. The summed E-state index contributed by atoms with van der Waals surface area (Å²) >= 11 is 11.5. The number of ketones is 1. The number of rotatable bonds is 2. The number of ether oxygens (including phenoxy) is 1. The van der Waals surface area contributed by atoms with Crippen LogP contribution in [0.2, 0.25) is 10.0 Å². The third kappa shape index (κ3) is 2.51. The van der Waals surface area contributed by atoms with Gasteiger partial charge in [0.25, 0.3) is 5.91 Å². The van der Waals surface area contributed by atoms with E-state index < -0.39 is 24.2 Å². The van der Waals surface area contributed by atoms with Crippen molar-refractivity contribution in [3.8, 4) is 5.75 Å². The zero-order chi connectivity index (χ0) is 15.3. The topological polar surface area (TPSA) is 99.2 Å². The summed E-state index contributed by atoms with van der Waals surface area (Å²) in [4.78, 5) is 23.6. The molecule has 2 aliphatic rings. The zero-order valence-electron chi connectivity index (χ0n) is 10.3. The van der Waals surface area contributed by atoms with Crippen molar-refractivity contribution in [2.24, 2.45) is 0 Å². The number of fused-ring (bicyclic) bond motifs is 1. The van der Waals surface area contributed by atoms with E-state index in [1.807, 2.05) is 0 Å². The molecule has 1 aliphatic carbocycles. The van der Waals surface area contributed by atoms with Crippen LogP contribution in [0.1, 0.15) is 10.4 Å². The molecule has 1 heterocycles. The number of hydrogen-bond donors (Lipinski definition) is 3. The smallest absolute Gasteiger partial charge is 0.259 e. The van der Waals surface area contributed by atoms with Crippen molar-refractivity contribution >= 4 is 34.9 Å². The molecule has 3 atom stereocenters. The Hall–Kier alpha value is -1.60. The molecule has 1 aromatic carbocycles. The zero-order valence-corrected chi connectivity index (χ0v) is 11.9. The number of carbonyl (C=O) groups is 2. The van der Waals surface area contributed by atoms with E-state index in [9.17, 15) is 19.8 Å². The van der Waals surface area contributed by atoms with Crippen LogP contribution in [0, 0.1) is 0 Å². The third-order valence-electron chi connectivity index (χ3n) is 3.27. The molecule has 0 bridgehead atoms. The fraction of sp³-hybridized carbons (Fsp3) is 0.231. The van der Waals surface area contributed by atoms with Crippen molar-refractivity contribution in [2.75, 3.05) is 0 Å². The monoisotopic (exact) mass is 329 g/mol. The van der Waals surface area contributed by atoms with Crippen molar-refractivity contribution in [3.63, 3.8) is 0 Å². The Kier molecular flexibility index (Phi) is 3.41. The minimum absolute atomic E-state index is 0.0224. The fourth-order valence-electron chi connectivity index (χ4n) is 2.12. The van der Waals surface area contributed by atoms with Crippen molar-refractivity contribution in [1.82, 2.24) is 5.32 Å². The summed E-state index contributed by atoms with van der Waals surface area (Å²) in [7, 11) is 0. The molecule has 3 unspecified atom stereocenters. The first kappa shape index (κ1) is 14.3. The van der Waals surface area contributed by atoms with E-state index in [4.69, 9.17) is 27.9 Å². The van der Waals surface area contributed by atoms with E-state index in [-0.39, 0.29) is 32.8 Å². The molecule has 110 valence electrons. The molecule has 1 saturated heterocycles. The second kappa shape index (κ2) is 4.99. The lowest BCUT2D eigenvalue weighted by Gasteiger charge is -2.17. The summed E-state index contributed by atoms with van der Waals surface area (Å²) in [5, 5.41) is 22.2. The van der Waals surface area contributed by atoms with Crippen molar-refractivity contribution in [3.05, 3.63) is 39.5 Å². The molecule has 1 aliphatic heterocycles. The minimum atomic E-state index is -1.10. The average molecular weight is 330 g/mol. The molecule has 0 aromatic heterocycles. The number of aromatic hydroxyl groups is 1. The lowest BCUT2D eigenvalue weighted by molar-refractivity contribution is -0.116. The summed E-state index contributed by atoms with van der Waals surface area (Å²) in [5.41, 5.74) is -0.0991. The maximum absolute atomic E-state index is 12.1. The molecule has 21 heavy (non-hydrogen) atoms. The SMILES string of the molecule is O=C(NC1=CC(=O)C2OC2C1O)c1cc(Cl)c(Cl)cc1O. The lowest BCUT2D eigenvalue weighted by atomic mass is 10.0. The van der Waals surface area contributed by atoms with E-state index in [2.05, 4.69) is 5.32 Å². The molecule has 3 N–H and O–H groups in total. The Morgan fingerprint density at radius 1 is 1.29 bits per heavy atom. The first-order valence-electron chi connectivity index (χ1n) is 5.97. The number of nitrogens with one attached hydrogen (secondary N) is 1. The summed E-state index contributed by atoms with van der Waals surface area (Å²) in [6, 6.07) is 2.33. The van der Waals surface area contributed by atoms with E-state index >= 15 is 0 Å². The van der Waals surface area contributed by atoms with Gasteiger partial charge in [0.15, 0.2) is 5.78 Å². The van der Waals surface area contributed by atoms with Gasteiger partial charge in [0.05, 0.1) is 21.3 Å². The summed E-state index contributed by atoms with van der Waals surface area (Å²) < 4.78 is 4.99. The molecular formula is C13H9Cl2NO5. The van der Waals surface area contributed by atoms with Crippen LogP contribution in [0.5, 0.6) is 5.75 Å². The van der Waals surface area contributed by atoms with Crippen LogP contribution in [0.25, 0.3) is 0 Å². The van der Waals surface area contributed by atoms with Gasteiger partial charge in [0.2, 0.25) is 0 Å². The van der Waals surface area contributed by atoms with Gasteiger partial charge >= 0.3 is 0 Å². The highest BCUT2D eigenvalue weighted by Gasteiger charge is 2.53. The minimum Gasteiger partial charge on any atom is -0.507 e. The molecular weight excluding hydrogens is 321 g/mol. The second-order valence-electron chi connectivity index (χ2n) is 4.71. The Labute approximate surface area is 128 Å². The molecule has 8 heteroatoms. The van der Waals surface area contributed by atoms with Crippen molar-refractivity contribution < 1.29 is 24.5 Å². The van der Waals surface area contributed by atoms with Crippen LogP contribution >= 0.6 is 23.2 Å². The van der Waals surface area contributed by atoms with Crippen LogP contribution in [-0.2, 0) is 9.53 Å². The molecule has 0 saturated carbocycles. The Morgan fingerprint density at radius 3 is 2.67 bits per heavy atom. The molecule has 0 radical (unpaired) electrons. The van der Waals surface area contributed by atoms with Crippen molar-refractivity contribution in [2.45, 2.75) is 18.3 Å². The number of aliphatic hydroxyl groups excluding tert-OH is 1. The van der Waals surface area contributed by atoms with Crippen molar-refractivity contribution in [1.29, 1.82) is 0 Å². The molecule has 1 amide bonds. The van der Waals surface area contributed by atoms with E-state index in [0.717, 1.165) is 12.1 Å². The second-order valence-corrected chi connectivity index (χ2v) is 5.52. The molecule has 0 spiro atoms. The molecule has 3 rings (SSSR count). The van der Waals surface area contributed by atoms with Gasteiger partial charge in [0, 0.05) is 12.1 Å². The van der Waals surface area contributed by atoms with Gasteiger partial charge in [0.1, 0.15) is 24.1 Å². The van der Waals surface area contributed by atoms with Gasteiger partial charge in [-0.05, 0) is 6.07 Å². The largest absolute Gasteiger partial charge is 0.507 e. The number of epoxide rings is 1. The van der Waals surface area contributed by atoms with Crippen LogP contribution in [0.15, 0.2) is 23.9 Å². The Balaban J connectivity index is 1.84. The Bertz CT molecular complexity index is 687. The van der Waals surface area contributed by atoms with Gasteiger partial charge in [-0.25, -0.2) is 0 Å². The first-order valence-corrected chi connectivity index (χ1v) is 6.72. The normalized spacial score (nSPS) is 26.9. The molecule has 6 nitrogen and oxygen atoms in total. The van der Waals surface area contributed by atoms with Crippen LogP contribution in [0.3, 0.4) is 0 Å². The van der Waals surface area contributed by atoms with Gasteiger partial charge in [-0.3, -0.25) is 9.59 Å². The number of aliphatic hydroxyl groups is 1. The highest BCUT2D eigenvalue weighted by atomic mass is 35.5. The summed E-state index contributed by atoms with van der Waals surface area (Å²) in [6.07, 6.45) is -1.23. The predicted octanol–water partition coefficient (Wildman–Crippen LogP) is 1.02. The standard InChI is InChI=1S/C13H9Cl2NO5/c14-5-1-4(8(17)2-6(5)15)13(20)16-7-3-9(18)11-12(21-11)10(7)19/h1-3,10-12,17,19H,(H,16,20). The molecule has 1 aromatic rings. The summed E-state index contributed by atoms with van der Waals surface area (Å²) in [5.74, 6) is -1.40. The lowest BCUT2D eigenvalue weighted by Crippen LogP contribution is -2.37. The predicted molar refractivity (Wildman–Crippen MR) is 73.4 cm³/mol. The first-order chi connectivity index (χ1) is 9.88. The quantitative estimate of drug-likeness (QED) is 0.703. The van der Waals surface area contributed by atoms with Gasteiger partial charge in [-0.15, -0.1) is 0 Å². The number of halogens is 2. The third-order valence-corrected chi connectivity index (χ3v) is 4.00. The Morgan fingerprint density at radius 2 is 1.95 bits per heavy atom. The van der Waals surface area contributed by atoms with Gasteiger partial charge in [-0.1, -0.05) is 23.2 Å². The highest BCUT2D eigenvalue weighted by Crippen LogP contribution is 2.34. The number of hydrogen-bond acceptors (Lipinski definition) is 5.